The van der Waals surface area contributed by atoms with Crippen LogP contribution in [0, 0.1) is 24.5 Å². The van der Waals surface area contributed by atoms with Crippen LogP contribution in [0.1, 0.15) is 12.0 Å². The number of aryl methyl sites for hydroxylation is 1. The van der Waals surface area contributed by atoms with Gasteiger partial charge in [0.25, 0.3) is 0 Å². The molecule has 2 heterocycles. The average molecular weight is 402 g/mol. The van der Waals surface area contributed by atoms with Crippen molar-refractivity contribution in [3.8, 4) is 0 Å². The molecule has 0 spiro atoms. The molecular formula is C20H20F2N4O3. The zero-order valence-electron chi connectivity index (χ0n) is 16.0. The summed E-state index contributed by atoms with van der Waals surface area (Å²) in [5, 5.41) is 2.61. The van der Waals surface area contributed by atoms with Crippen LogP contribution in [0.4, 0.5) is 20.3 Å². The van der Waals surface area contributed by atoms with Crippen molar-refractivity contribution < 1.29 is 23.2 Å². The number of aromatic nitrogens is 1. The molecule has 7 nitrogen and oxygen atoms in total. The van der Waals surface area contributed by atoms with Crippen molar-refractivity contribution in [1.29, 1.82) is 0 Å². The quantitative estimate of drug-likeness (QED) is 0.831. The standard InChI is InChI=1S/C20H20F2N4O3/c1-12-3-4-23-17(5-12)24-18(27)11-25(2)20(29)13-6-19(28)26(10-13)16-8-14(21)7-15(22)9-16/h3-5,7-9,13H,6,10-11H2,1-2H3,(H,23,24,27). The second-order valence-corrected chi connectivity index (χ2v) is 6.99. The summed E-state index contributed by atoms with van der Waals surface area (Å²) >= 11 is 0. The minimum absolute atomic E-state index is 0.00798. The minimum Gasteiger partial charge on any atom is -0.336 e. The number of benzene rings is 1. The number of nitrogens with zero attached hydrogens (tertiary/aromatic N) is 3. The predicted octanol–water partition coefficient (Wildman–Crippen LogP) is 2.12. The molecule has 1 aliphatic rings. The van der Waals surface area contributed by atoms with Gasteiger partial charge in [-0.25, -0.2) is 13.8 Å². The molecule has 2 aromatic rings. The van der Waals surface area contributed by atoms with E-state index in [1.807, 2.05) is 6.92 Å². The summed E-state index contributed by atoms with van der Waals surface area (Å²) in [7, 11) is 1.46. The first-order valence-electron chi connectivity index (χ1n) is 8.97. The van der Waals surface area contributed by atoms with Crippen molar-refractivity contribution in [2.75, 3.05) is 30.4 Å². The second-order valence-electron chi connectivity index (χ2n) is 6.99. The Labute approximate surface area is 166 Å². The van der Waals surface area contributed by atoms with Gasteiger partial charge in [-0.1, -0.05) is 0 Å². The summed E-state index contributed by atoms with van der Waals surface area (Å²) in [6.45, 7) is 1.64. The predicted molar refractivity (Wildman–Crippen MR) is 102 cm³/mol. The zero-order valence-corrected chi connectivity index (χ0v) is 16.0. The topological polar surface area (TPSA) is 82.6 Å². The highest BCUT2D eigenvalue weighted by Gasteiger charge is 2.37. The van der Waals surface area contributed by atoms with Gasteiger partial charge in [-0.05, 0) is 36.8 Å². The monoisotopic (exact) mass is 402 g/mol. The number of nitrogens with one attached hydrogen (secondary N) is 1. The van der Waals surface area contributed by atoms with Gasteiger partial charge in [0.05, 0.1) is 12.5 Å². The summed E-state index contributed by atoms with van der Waals surface area (Å²) in [6.07, 6.45) is 1.47. The Morgan fingerprint density at radius 2 is 1.93 bits per heavy atom. The van der Waals surface area contributed by atoms with Crippen LogP contribution >= 0.6 is 0 Å². The molecule has 3 amide bonds. The summed E-state index contributed by atoms with van der Waals surface area (Å²) < 4.78 is 26.9. The summed E-state index contributed by atoms with van der Waals surface area (Å²) in [5.41, 5.74) is 0.992. The van der Waals surface area contributed by atoms with Gasteiger partial charge in [0.15, 0.2) is 0 Å². The molecule has 0 saturated carbocycles. The maximum absolute atomic E-state index is 13.4. The van der Waals surface area contributed by atoms with E-state index in [1.165, 1.54) is 16.8 Å². The van der Waals surface area contributed by atoms with E-state index in [4.69, 9.17) is 0 Å². The van der Waals surface area contributed by atoms with Gasteiger partial charge in [-0.15, -0.1) is 0 Å². The van der Waals surface area contributed by atoms with E-state index in [0.717, 1.165) is 17.7 Å². The summed E-state index contributed by atoms with van der Waals surface area (Å²) in [6, 6.07) is 6.28. The number of pyridine rings is 1. The second kappa shape index (κ2) is 8.34. The highest BCUT2D eigenvalue weighted by atomic mass is 19.1. The maximum Gasteiger partial charge on any atom is 0.245 e. The van der Waals surface area contributed by atoms with Crippen LogP contribution in [0.5, 0.6) is 0 Å². The number of carbonyl (C=O) groups is 3. The molecule has 0 bridgehead atoms. The first-order chi connectivity index (χ1) is 13.7. The molecule has 29 heavy (non-hydrogen) atoms. The van der Waals surface area contributed by atoms with Crippen molar-refractivity contribution >= 4 is 29.2 Å². The van der Waals surface area contributed by atoms with E-state index in [2.05, 4.69) is 10.3 Å². The minimum atomic E-state index is -0.805. The number of amides is 3. The van der Waals surface area contributed by atoms with Crippen LogP contribution < -0.4 is 10.2 Å². The molecule has 1 unspecified atom stereocenters. The first-order valence-corrected chi connectivity index (χ1v) is 8.97. The SMILES string of the molecule is Cc1ccnc(NC(=O)CN(C)C(=O)C2CC(=O)N(c3cc(F)cc(F)c3)C2)c1. The molecule has 152 valence electrons. The molecule has 1 saturated heterocycles. The van der Waals surface area contributed by atoms with Crippen LogP contribution in [0.15, 0.2) is 36.5 Å². The molecule has 3 rings (SSSR count). The Kier molecular flexibility index (Phi) is 5.86. The highest BCUT2D eigenvalue weighted by Crippen LogP contribution is 2.27. The van der Waals surface area contributed by atoms with Gasteiger partial charge in [-0.3, -0.25) is 14.4 Å². The lowest BCUT2D eigenvalue weighted by Gasteiger charge is -2.21. The Balaban J connectivity index is 1.61. The molecule has 1 aromatic heterocycles. The summed E-state index contributed by atoms with van der Waals surface area (Å²) in [4.78, 5) is 43.5. The Morgan fingerprint density at radius 1 is 1.24 bits per heavy atom. The van der Waals surface area contributed by atoms with Crippen LogP contribution in [-0.2, 0) is 14.4 Å². The molecular weight excluding hydrogens is 382 g/mol. The van der Waals surface area contributed by atoms with Crippen LogP contribution in [0.25, 0.3) is 0 Å². The van der Waals surface area contributed by atoms with Crippen molar-refractivity contribution in [2.24, 2.45) is 5.92 Å². The molecule has 9 heteroatoms. The van der Waals surface area contributed by atoms with Gasteiger partial charge in [0.1, 0.15) is 17.5 Å². The van der Waals surface area contributed by atoms with Crippen molar-refractivity contribution in [3.05, 3.63) is 53.7 Å². The van der Waals surface area contributed by atoms with Crippen molar-refractivity contribution in [3.63, 3.8) is 0 Å². The molecule has 1 fully saturated rings. The van der Waals surface area contributed by atoms with E-state index >= 15 is 0 Å². The largest absolute Gasteiger partial charge is 0.336 e. The fourth-order valence-electron chi connectivity index (χ4n) is 3.21. The molecule has 1 aliphatic heterocycles. The third-order valence-electron chi connectivity index (χ3n) is 4.57. The number of likely N-dealkylation sites (N-methyl/N-ethyl adjacent to an activating group) is 1. The zero-order chi connectivity index (χ0) is 21.1. The van der Waals surface area contributed by atoms with Gasteiger partial charge >= 0.3 is 0 Å². The average Bonchev–Trinajstić information content (AvgIpc) is 3.01. The van der Waals surface area contributed by atoms with E-state index in [-0.39, 0.29) is 25.2 Å². The molecule has 0 aliphatic carbocycles. The van der Waals surface area contributed by atoms with E-state index in [1.54, 1.807) is 18.3 Å². The number of hydrogen-bond donors (Lipinski definition) is 1. The van der Waals surface area contributed by atoms with Crippen molar-refractivity contribution in [2.45, 2.75) is 13.3 Å². The number of carbonyl (C=O) groups excluding carboxylic acids is 3. The molecule has 0 radical (unpaired) electrons. The van der Waals surface area contributed by atoms with Gasteiger partial charge in [0, 0.05) is 38.0 Å². The maximum atomic E-state index is 13.4. The normalized spacial score (nSPS) is 16.1. The third-order valence-corrected chi connectivity index (χ3v) is 4.57. The highest BCUT2D eigenvalue weighted by molar-refractivity contribution is 6.01. The number of halogens is 2. The van der Waals surface area contributed by atoms with E-state index < -0.39 is 35.3 Å². The fraction of sp³-hybridized carbons (Fsp3) is 0.300. The third kappa shape index (κ3) is 4.92. The summed E-state index contributed by atoms with van der Waals surface area (Å²) in [5.74, 6) is -3.16. The Morgan fingerprint density at radius 3 is 2.59 bits per heavy atom. The number of anilines is 2. The Hall–Kier alpha value is -3.36. The number of rotatable bonds is 5. The van der Waals surface area contributed by atoms with Crippen molar-refractivity contribution in [1.82, 2.24) is 9.88 Å². The lowest BCUT2D eigenvalue weighted by atomic mass is 10.1. The first kappa shape index (κ1) is 20.4. The lowest BCUT2D eigenvalue weighted by molar-refractivity contribution is -0.137. The van der Waals surface area contributed by atoms with E-state index in [9.17, 15) is 23.2 Å². The lowest BCUT2D eigenvalue weighted by Crippen LogP contribution is -2.39. The molecule has 1 aromatic carbocycles. The van der Waals surface area contributed by atoms with Gasteiger partial charge in [-0.2, -0.15) is 0 Å². The Bertz CT molecular complexity index is 946. The van der Waals surface area contributed by atoms with E-state index in [0.29, 0.717) is 11.9 Å². The van der Waals surface area contributed by atoms with Crippen LogP contribution in [-0.4, -0.2) is 47.7 Å². The fourth-order valence-corrected chi connectivity index (χ4v) is 3.21. The van der Waals surface area contributed by atoms with Gasteiger partial charge < -0.3 is 15.1 Å². The van der Waals surface area contributed by atoms with Crippen LogP contribution in [0.2, 0.25) is 0 Å². The van der Waals surface area contributed by atoms with Crippen LogP contribution in [0.3, 0.4) is 0 Å². The molecule has 1 atom stereocenters. The van der Waals surface area contributed by atoms with Gasteiger partial charge in [0.2, 0.25) is 17.7 Å². The smallest absolute Gasteiger partial charge is 0.245 e. The molecule has 1 N–H and O–H groups in total. The number of hydrogen-bond acceptors (Lipinski definition) is 4.